The van der Waals surface area contributed by atoms with Crippen LogP contribution in [0.25, 0.3) is 0 Å². The summed E-state index contributed by atoms with van der Waals surface area (Å²) < 4.78 is 41.8. The molecule has 9 heteroatoms. The average molecular weight is 512 g/mol. The number of hydrogen-bond donors (Lipinski definition) is 1. The predicted octanol–water partition coefficient (Wildman–Crippen LogP) is 3.80. The number of nitrogens with zero attached hydrogens (tertiary/aromatic N) is 2. The zero-order chi connectivity index (χ0) is 26.5. The maximum absolute atomic E-state index is 13.7. The van der Waals surface area contributed by atoms with E-state index in [9.17, 15) is 22.4 Å². The van der Waals surface area contributed by atoms with Crippen molar-refractivity contribution in [2.45, 2.75) is 38.3 Å². The lowest BCUT2D eigenvalue weighted by molar-refractivity contribution is -0.139. The zero-order valence-corrected chi connectivity index (χ0v) is 21.5. The molecule has 0 unspecified atom stereocenters. The third-order valence-electron chi connectivity index (χ3n) is 6.07. The average Bonchev–Trinajstić information content (AvgIpc) is 2.88. The van der Waals surface area contributed by atoms with Crippen LogP contribution in [0.15, 0.2) is 77.7 Å². The van der Waals surface area contributed by atoms with Crippen LogP contribution in [0.2, 0.25) is 0 Å². The summed E-state index contributed by atoms with van der Waals surface area (Å²) in [6, 6.07) is 17.7. The molecule has 0 fully saturated rings. The highest BCUT2D eigenvalue weighted by Gasteiger charge is 2.32. The molecule has 0 aromatic heterocycles. The molecule has 0 aliphatic carbocycles. The number of benzene rings is 3. The van der Waals surface area contributed by atoms with Crippen LogP contribution >= 0.6 is 0 Å². The summed E-state index contributed by atoms with van der Waals surface area (Å²) >= 11 is 0. The second-order valence-corrected chi connectivity index (χ2v) is 10.4. The van der Waals surface area contributed by atoms with Gasteiger partial charge in [-0.3, -0.25) is 13.9 Å². The maximum atomic E-state index is 13.7. The molecule has 0 saturated heterocycles. The van der Waals surface area contributed by atoms with Crippen molar-refractivity contribution in [3.05, 3.63) is 95.3 Å². The Balaban J connectivity index is 2.04. The van der Waals surface area contributed by atoms with Gasteiger partial charge in [-0.2, -0.15) is 0 Å². The molecule has 0 heterocycles. The molecule has 0 saturated carbocycles. The van der Waals surface area contributed by atoms with Gasteiger partial charge in [0.25, 0.3) is 10.0 Å². The van der Waals surface area contributed by atoms with E-state index < -0.39 is 40.2 Å². The van der Waals surface area contributed by atoms with E-state index in [4.69, 9.17) is 0 Å². The monoisotopic (exact) mass is 511 g/mol. The van der Waals surface area contributed by atoms with Gasteiger partial charge in [0.2, 0.25) is 11.8 Å². The van der Waals surface area contributed by atoms with Crippen molar-refractivity contribution < 1.29 is 22.4 Å². The number of anilines is 1. The largest absolute Gasteiger partial charge is 0.357 e. The second kappa shape index (κ2) is 11.3. The Labute approximate surface area is 211 Å². The first-order chi connectivity index (χ1) is 17.0. The third-order valence-corrected chi connectivity index (χ3v) is 7.86. The predicted molar refractivity (Wildman–Crippen MR) is 137 cm³/mol. The van der Waals surface area contributed by atoms with Crippen molar-refractivity contribution in [3.63, 3.8) is 0 Å². The van der Waals surface area contributed by atoms with Gasteiger partial charge >= 0.3 is 0 Å². The zero-order valence-electron chi connectivity index (χ0n) is 20.7. The van der Waals surface area contributed by atoms with E-state index in [-0.39, 0.29) is 11.4 Å². The van der Waals surface area contributed by atoms with Crippen LogP contribution in [0.4, 0.5) is 10.1 Å². The summed E-state index contributed by atoms with van der Waals surface area (Å²) in [5, 5.41) is 2.53. The molecule has 0 bridgehead atoms. The normalized spacial score (nSPS) is 12.0. The highest BCUT2D eigenvalue weighted by Crippen LogP contribution is 2.26. The Bertz CT molecular complexity index is 1330. The van der Waals surface area contributed by atoms with E-state index in [1.807, 2.05) is 13.8 Å². The van der Waals surface area contributed by atoms with Crippen molar-refractivity contribution in [2.24, 2.45) is 0 Å². The van der Waals surface area contributed by atoms with Gasteiger partial charge in [-0.05, 0) is 73.9 Å². The quantitative estimate of drug-likeness (QED) is 0.474. The number of hydrogen-bond acceptors (Lipinski definition) is 4. The van der Waals surface area contributed by atoms with Gasteiger partial charge in [0.1, 0.15) is 18.4 Å². The molecule has 3 rings (SSSR count). The lowest BCUT2D eigenvalue weighted by Crippen LogP contribution is -2.50. The number of likely N-dealkylation sites (N-methyl/N-ethyl adjacent to an activating group) is 1. The summed E-state index contributed by atoms with van der Waals surface area (Å²) in [6.07, 6.45) is 0. The van der Waals surface area contributed by atoms with E-state index in [1.165, 1.54) is 48.3 Å². The maximum Gasteiger partial charge on any atom is 0.264 e. The number of nitrogens with one attached hydrogen (secondary N) is 1. The minimum atomic E-state index is -4.11. The number of aryl methyl sites for hydroxylation is 2. The summed E-state index contributed by atoms with van der Waals surface area (Å²) in [7, 11) is -2.65. The highest BCUT2D eigenvalue weighted by atomic mass is 32.2. The van der Waals surface area contributed by atoms with Gasteiger partial charge in [0.15, 0.2) is 0 Å². The molecule has 0 spiro atoms. The van der Waals surface area contributed by atoms with Crippen LogP contribution in [0.1, 0.15) is 23.6 Å². The van der Waals surface area contributed by atoms with Crippen LogP contribution in [-0.2, 0) is 26.2 Å². The van der Waals surface area contributed by atoms with Crippen molar-refractivity contribution in [1.29, 1.82) is 0 Å². The molecule has 1 atom stereocenters. The number of rotatable bonds is 9. The topological polar surface area (TPSA) is 86.8 Å². The minimum Gasteiger partial charge on any atom is -0.357 e. The molecule has 0 aliphatic rings. The lowest BCUT2D eigenvalue weighted by Gasteiger charge is -2.32. The molecule has 0 radical (unpaired) electrons. The Kier molecular flexibility index (Phi) is 8.47. The molecule has 0 aliphatic heterocycles. The van der Waals surface area contributed by atoms with Crippen LogP contribution in [0, 0.1) is 19.7 Å². The first-order valence-corrected chi connectivity index (χ1v) is 12.9. The van der Waals surface area contributed by atoms with Crippen molar-refractivity contribution in [3.8, 4) is 0 Å². The van der Waals surface area contributed by atoms with Gasteiger partial charge in [0, 0.05) is 13.6 Å². The van der Waals surface area contributed by atoms with Crippen LogP contribution in [0.5, 0.6) is 0 Å². The number of amides is 2. The summed E-state index contributed by atoms with van der Waals surface area (Å²) in [6.45, 7) is 4.81. The van der Waals surface area contributed by atoms with Crippen LogP contribution in [0.3, 0.4) is 0 Å². The molecule has 1 N–H and O–H groups in total. The summed E-state index contributed by atoms with van der Waals surface area (Å²) in [5.41, 5.74) is 2.79. The molecule has 190 valence electrons. The highest BCUT2D eigenvalue weighted by molar-refractivity contribution is 7.92. The van der Waals surface area contributed by atoms with Gasteiger partial charge < -0.3 is 10.2 Å². The smallest absolute Gasteiger partial charge is 0.264 e. The fourth-order valence-electron chi connectivity index (χ4n) is 3.71. The molecule has 3 aromatic carbocycles. The van der Waals surface area contributed by atoms with Crippen LogP contribution in [-0.4, -0.2) is 44.8 Å². The Morgan fingerprint density at radius 2 is 1.58 bits per heavy atom. The summed E-state index contributed by atoms with van der Waals surface area (Å²) in [4.78, 5) is 27.5. The number of sulfonamides is 1. The van der Waals surface area contributed by atoms with E-state index in [0.29, 0.717) is 11.3 Å². The molecule has 2 amide bonds. The number of carbonyl (C=O) groups is 2. The van der Waals surface area contributed by atoms with Crippen LogP contribution < -0.4 is 9.62 Å². The molecule has 7 nitrogen and oxygen atoms in total. The Hall–Kier alpha value is -3.72. The standard InChI is InChI=1S/C27H30FN3O4S/c1-19-10-15-24(16-20(19)2)31(36(34,35)25-8-6-5-7-9-25)18-26(32)30(21(3)27(33)29-4)17-22-11-13-23(28)14-12-22/h5-16,21H,17-18H2,1-4H3,(H,29,33)/t21-/m1/s1. The lowest BCUT2D eigenvalue weighted by atomic mass is 10.1. The fraction of sp³-hybridized carbons (Fsp3) is 0.259. The third kappa shape index (κ3) is 6.09. The van der Waals surface area contributed by atoms with Gasteiger partial charge in [-0.25, -0.2) is 12.8 Å². The SMILES string of the molecule is CNC(=O)[C@@H](C)N(Cc1ccc(F)cc1)C(=O)CN(c1ccc(C)c(C)c1)S(=O)(=O)c1ccccc1. The van der Waals surface area contributed by atoms with Gasteiger partial charge in [0.05, 0.1) is 10.6 Å². The van der Waals surface area contributed by atoms with E-state index >= 15 is 0 Å². The number of carbonyl (C=O) groups excluding carboxylic acids is 2. The van der Waals surface area contributed by atoms with E-state index in [1.54, 1.807) is 43.3 Å². The summed E-state index contributed by atoms with van der Waals surface area (Å²) in [5.74, 6) is -1.41. The van der Waals surface area contributed by atoms with Crippen molar-refractivity contribution in [1.82, 2.24) is 10.2 Å². The first-order valence-electron chi connectivity index (χ1n) is 11.4. The van der Waals surface area contributed by atoms with Gasteiger partial charge in [-0.1, -0.05) is 36.4 Å². The van der Waals surface area contributed by atoms with E-state index in [0.717, 1.165) is 15.4 Å². The molecule has 36 heavy (non-hydrogen) atoms. The molecule has 3 aromatic rings. The molecular weight excluding hydrogens is 481 g/mol. The van der Waals surface area contributed by atoms with Gasteiger partial charge in [-0.15, -0.1) is 0 Å². The van der Waals surface area contributed by atoms with E-state index in [2.05, 4.69) is 5.32 Å². The second-order valence-electron chi connectivity index (χ2n) is 8.53. The Morgan fingerprint density at radius 3 is 2.17 bits per heavy atom. The molecular formula is C27H30FN3O4S. The van der Waals surface area contributed by atoms with Crippen molar-refractivity contribution in [2.75, 3.05) is 17.9 Å². The first kappa shape index (κ1) is 26.9. The minimum absolute atomic E-state index is 0.000149. The van der Waals surface area contributed by atoms with Crippen molar-refractivity contribution >= 4 is 27.5 Å². The number of halogens is 1. The Morgan fingerprint density at radius 1 is 0.944 bits per heavy atom. The fourth-order valence-corrected chi connectivity index (χ4v) is 5.13.